The highest BCUT2D eigenvalue weighted by Gasteiger charge is 2.31. The van der Waals surface area contributed by atoms with E-state index < -0.39 is 0 Å². The Balaban J connectivity index is 1.52. The first kappa shape index (κ1) is 16.7. The number of benzene rings is 2. The quantitative estimate of drug-likeness (QED) is 0.737. The van der Waals surface area contributed by atoms with Gasteiger partial charge in [0.2, 0.25) is 5.91 Å². The van der Waals surface area contributed by atoms with Gasteiger partial charge in [-0.3, -0.25) is 9.59 Å². The molecule has 24 heavy (non-hydrogen) atoms. The summed E-state index contributed by atoms with van der Waals surface area (Å²) < 4.78 is 6.22. The molecule has 1 saturated heterocycles. The summed E-state index contributed by atoms with van der Waals surface area (Å²) >= 11 is 3.38. The van der Waals surface area contributed by atoms with Crippen LogP contribution < -0.4 is 0 Å². The van der Waals surface area contributed by atoms with Crippen molar-refractivity contribution < 1.29 is 14.3 Å². The number of carbonyl (C=O) groups excluding carboxylic acids is 2. The van der Waals surface area contributed by atoms with Crippen LogP contribution in [0, 0.1) is 0 Å². The van der Waals surface area contributed by atoms with Gasteiger partial charge in [-0.05, 0) is 23.3 Å². The van der Waals surface area contributed by atoms with E-state index in [2.05, 4.69) is 15.9 Å². The molecular weight excluding hydrogens is 370 g/mol. The molecule has 0 N–H and O–H groups in total. The summed E-state index contributed by atoms with van der Waals surface area (Å²) in [6.45, 7) is 0.785. The number of carbonyl (C=O) groups is 2. The van der Waals surface area contributed by atoms with Crippen molar-refractivity contribution in [3.05, 3.63) is 70.2 Å². The molecule has 1 aliphatic heterocycles. The Morgan fingerprint density at radius 1 is 1.17 bits per heavy atom. The van der Waals surface area contributed by atoms with Crippen LogP contribution in [-0.2, 0) is 20.9 Å². The second-order valence-corrected chi connectivity index (χ2v) is 6.79. The van der Waals surface area contributed by atoms with Crippen molar-refractivity contribution in [3.8, 4) is 0 Å². The number of nitrogens with zero attached hydrogens (tertiary/aromatic N) is 1. The van der Waals surface area contributed by atoms with Crippen molar-refractivity contribution in [2.24, 2.45) is 0 Å². The summed E-state index contributed by atoms with van der Waals surface area (Å²) in [5.74, 6) is -0.225. The van der Waals surface area contributed by atoms with E-state index in [0.29, 0.717) is 13.0 Å². The minimum atomic E-state index is -0.378. The van der Waals surface area contributed by atoms with Crippen molar-refractivity contribution >= 4 is 27.8 Å². The van der Waals surface area contributed by atoms with E-state index >= 15 is 0 Å². The zero-order valence-electron chi connectivity index (χ0n) is 13.2. The zero-order valence-corrected chi connectivity index (χ0v) is 14.7. The molecule has 1 aliphatic rings. The summed E-state index contributed by atoms with van der Waals surface area (Å²) in [6.07, 6.45) is 0.447. The SMILES string of the molecule is O=C(CN1C[C@H](c2ccccc2)CC1=O)OCc1cccc(Br)c1. The molecule has 1 heterocycles. The van der Waals surface area contributed by atoms with Gasteiger partial charge in [-0.1, -0.05) is 58.4 Å². The number of likely N-dealkylation sites (tertiary alicyclic amines) is 1. The second-order valence-electron chi connectivity index (χ2n) is 5.88. The number of ether oxygens (including phenoxy) is 1. The maximum atomic E-state index is 12.1. The van der Waals surface area contributed by atoms with E-state index in [-0.39, 0.29) is 30.9 Å². The molecule has 0 bridgehead atoms. The molecule has 3 rings (SSSR count). The van der Waals surface area contributed by atoms with Crippen LogP contribution in [0.25, 0.3) is 0 Å². The lowest BCUT2D eigenvalue weighted by Gasteiger charge is -2.16. The van der Waals surface area contributed by atoms with Gasteiger partial charge in [0.1, 0.15) is 13.2 Å². The van der Waals surface area contributed by atoms with Gasteiger partial charge in [0.05, 0.1) is 0 Å². The maximum absolute atomic E-state index is 12.1. The summed E-state index contributed by atoms with van der Waals surface area (Å²) in [5.41, 5.74) is 2.04. The molecule has 1 atom stereocenters. The predicted octanol–water partition coefficient (Wildman–Crippen LogP) is 3.51. The average molecular weight is 388 g/mol. The molecule has 2 aromatic carbocycles. The fourth-order valence-corrected chi connectivity index (χ4v) is 3.31. The fraction of sp³-hybridized carbons (Fsp3) is 0.263. The normalized spacial score (nSPS) is 17.1. The number of hydrogen-bond acceptors (Lipinski definition) is 3. The average Bonchev–Trinajstić information content (AvgIpc) is 2.95. The molecular formula is C19H18BrNO3. The molecule has 5 heteroatoms. The molecule has 1 fully saturated rings. The monoisotopic (exact) mass is 387 g/mol. The number of hydrogen-bond donors (Lipinski definition) is 0. The number of halogens is 1. The van der Waals surface area contributed by atoms with Crippen LogP contribution in [0.15, 0.2) is 59.1 Å². The number of rotatable bonds is 5. The summed E-state index contributed by atoms with van der Waals surface area (Å²) in [6, 6.07) is 17.5. The smallest absolute Gasteiger partial charge is 0.325 e. The molecule has 2 aromatic rings. The van der Waals surface area contributed by atoms with E-state index in [0.717, 1.165) is 15.6 Å². The first-order valence-corrected chi connectivity index (χ1v) is 8.64. The molecule has 1 amide bonds. The Hall–Kier alpha value is -2.14. The lowest BCUT2D eigenvalue weighted by Crippen LogP contribution is -2.32. The highest BCUT2D eigenvalue weighted by atomic mass is 79.9. The molecule has 0 radical (unpaired) electrons. The lowest BCUT2D eigenvalue weighted by molar-refractivity contribution is -0.149. The zero-order chi connectivity index (χ0) is 16.9. The maximum Gasteiger partial charge on any atom is 0.325 e. The minimum Gasteiger partial charge on any atom is -0.459 e. The van der Waals surface area contributed by atoms with Crippen molar-refractivity contribution in [3.63, 3.8) is 0 Å². The van der Waals surface area contributed by atoms with E-state index in [4.69, 9.17) is 4.74 Å². The van der Waals surface area contributed by atoms with Gasteiger partial charge in [0, 0.05) is 23.4 Å². The summed E-state index contributed by atoms with van der Waals surface area (Å²) in [5, 5.41) is 0. The van der Waals surface area contributed by atoms with Crippen LogP contribution in [0.3, 0.4) is 0 Å². The van der Waals surface area contributed by atoms with Crippen molar-refractivity contribution in [1.29, 1.82) is 0 Å². The predicted molar refractivity (Wildman–Crippen MR) is 94.3 cm³/mol. The lowest BCUT2D eigenvalue weighted by atomic mass is 9.99. The van der Waals surface area contributed by atoms with Crippen molar-refractivity contribution in [1.82, 2.24) is 4.90 Å². The van der Waals surface area contributed by atoms with E-state index in [9.17, 15) is 9.59 Å². The summed E-state index contributed by atoms with van der Waals surface area (Å²) in [7, 11) is 0. The van der Waals surface area contributed by atoms with Gasteiger partial charge in [0.25, 0.3) is 0 Å². The van der Waals surface area contributed by atoms with Gasteiger partial charge in [-0.2, -0.15) is 0 Å². The third kappa shape index (κ3) is 4.23. The Kier molecular flexibility index (Phi) is 5.30. The third-order valence-corrected chi connectivity index (χ3v) is 4.59. The van der Waals surface area contributed by atoms with Gasteiger partial charge in [-0.15, -0.1) is 0 Å². The molecule has 0 aromatic heterocycles. The van der Waals surface area contributed by atoms with Crippen LogP contribution in [-0.4, -0.2) is 29.9 Å². The molecule has 0 saturated carbocycles. The van der Waals surface area contributed by atoms with Crippen molar-refractivity contribution in [2.45, 2.75) is 18.9 Å². The molecule has 0 unspecified atom stereocenters. The first-order valence-electron chi connectivity index (χ1n) is 7.84. The molecule has 124 valence electrons. The second kappa shape index (κ2) is 7.62. The van der Waals surface area contributed by atoms with Crippen molar-refractivity contribution in [2.75, 3.05) is 13.1 Å². The van der Waals surface area contributed by atoms with E-state index in [1.165, 1.54) is 0 Å². The highest BCUT2D eigenvalue weighted by Crippen LogP contribution is 2.27. The third-order valence-electron chi connectivity index (χ3n) is 4.09. The topological polar surface area (TPSA) is 46.6 Å². The van der Waals surface area contributed by atoms with E-state index in [1.807, 2.05) is 54.6 Å². The molecule has 0 spiro atoms. The van der Waals surface area contributed by atoms with Crippen LogP contribution in [0.4, 0.5) is 0 Å². The largest absolute Gasteiger partial charge is 0.459 e. The minimum absolute atomic E-state index is 0.00302. The van der Waals surface area contributed by atoms with Gasteiger partial charge in [0.15, 0.2) is 0 Å². The Bertz CT molecular complexity index is 732. The first-order chi connectivity index (χ1) is 11.6. The number of esters is 1. The Labute approximate surface area is 149 Å². The van der Waals surface area contributed by atoms with E-state index in [1.54, 1.807) is 4.90 Å². The summed E-state index contributed by atoms with van der Waals surface area (Å²) in [4.78, 5) is 25.7. The Morgan fingerprint density at radius 2 is 1.96 bits per heavy atom. The highest BCUT2D eigenvalue weighted by molar-refractivity contribution is 9.10. The van der Waals surface area contributed by atoms with Gasteiger partial charge in [-0.25, -0.2) is 0 Å². The Morgan fingerprint density at radius 3 is 2.71 bits per heavy atom. The number of amides is 1. The molecule has 4 nitrogen and oxygen atoms in total. The molecule has 0 aliphatic carbocycles. The van der Waals surface area contributed by atoms with Crippen LogP contribution in [0.2, 0.25) is 0 Å². The standard InChI is InChI=1S/C19H18BrNO3/c20-17-8-4-5-14(9-17)13-24-19(23)12-21-11-16(10-18(21)22)15-6-2-1-3-7-15/h1-9,16H,10-13H2/t16-/m1/s1. The van der Waals surface area contributed by atoms with Gasteiger partial charge < -0.3 is 9.64 Å². The van der Waals surface area contributed by atoms with Crippen LogP contribution >= 0.6 is 15.9 Å². The van der Waals surface area contributed by atoms with Crippen LogP contribution in [0.1, 0.15) is 23.5 Å². The van der Waals surface area contributed by atoms with Gasteiger partial charge >= 0.3 is 5.97 Å². The fourth-order valence-electron chi connectivity index (χ4n) is 2.87. The van der Waals surface area contributed by atoms with Crippen LogP contribution in [0.5, 0.6) is 0 Å².